The van der Waals surface area contributed by atoms with Crippen LogP contribution in [0.4, 0.5) is 5.69 Å². The van der Waals surface area contributed by atoms with Crippen LogP contribution < -0.4 is 20.8 Å². The highest BCUT2D eigenvalue weighted by Crippen LogP contribution is 2.22. The van der Waals surface area contributed by atoms with E-state index in [4.69, 9.17) is 17.0 Å². The fourth-order valence-electron chi connectivity index (χ4n) is 2.78. The van der Waals surface area contributed by atoms with Gasteiger partial charge in [-0.05, 0) is 42.4 Å². The molecule has 4 nitrogen and oxygen atoms in total. The Morgan fingerprint density at radius 3 is 2.36 bits per heavy atom. The average molecular weight is 388 g/mol. The van der Waals surface area contributed by atoms with Gasteiger partial charge in [-0.3, -0.25) is 10.1 Å². The summed E-state index contributed by atoms with van der Waals surface area (Å²) in [7, 11) is 1.98. The molecule has 0 saturated heterocycles. The monoisotopic (exact) mass is 388 g/mol. The molecule has 3 rings (SSSR count). The molecule has 2 N–H and O–H groups in total. The summed E-state index contributed by atoms with van der Waals surface area (Å²) < 4.78 is 5.98. The number of hydrogen-bond donors (Lipinski definition) is 2. The first-order valence-corrected chi connectivity index (χ1v) is 9.39. The highest BCUT2D eigenvalue weighted by atomic mass is 32.1. The molecule has 3 aromatic rings. The summed E-state index contributed by atoms with van der Waals surface area (Å²) in [6, 6.07) is 22.9. The Morgan fingerprint density at radius 2 is 1.68 bits per heavy atom. The largest absolute Gasteiger partial charge is 0.489 e. The molecule has 0 unspecified atom stereocenters. The number of amides is 1. The van der Waals surface area contributed by atoms with Gasteiger partial charge in [0, 0.05) is 17.3 Å². The van der Waals surface area contributed by atoms with Gasteiger partial charge in [-0.15, -0.1) is 0 Å². The summed E-state index contributed by atoms with van der Waals surface area (Å²) in [5.41, 5.74) is 4.51. The molecule has 0 spiro atoms. The van der Waals surface area contributed by atoms with Crippen molar-refractivity contribution in [3.8, 4) is 5.75 Å². The molecule has 0 aliphatic carbocycles. The molecule has 0 bridgehead atoms. The number of benzene rings is 3. The molecular weight excluding hydrogens is 367 g/mol. The lowest BCUT2D eigenvalue weighted by Crippen LogP contribution is -2.35. The maximum atomic E-state index is 12.2. The number of thiocarbonyl (C=S) groups is 1. The highest BCUT2D eigenvalue weighted by molar-refractivity contribution is 7.80. The molecule has 1 amide bonds. The van der Waals surface area contributed by atoms with Crippen LogP contribution in [-0.2, 0) is 6.61 Å². The van der Waals surface area contributed by atoms with Crippen molar-refractivity contribution in [2.45, 2.75) is 13.5 Å². The van der Waals surface area contributed by atoms with Gasteiger partial charge in [-0.1, -0.05) is 60.1 Å². The van der Waals surface area contributed by atoms with Crippen LogP contribution in [0, 0.1) is 6.92 Å². The van der Waals surface area contributed by atoms with Gasteiger partial charge in [0.15, 0.2) is 5.11 Å². The van der Waals surface area contributed by atoms with E-state index in [9.17, 15) is 4.79 Å². The van der Waals surface area contributed by atoms with Crippen molar-refractivity contribution in [2.24, 2.45) is 0 Å². The zero-order valence-corrected chi connectivity index (χ0v) is 16.7. The van der Waals surface area contributed by atoms with Crippen LogP contribution in [0.15, 0.2) is 72.8 Å². The maximum Gasteiger partial charge on any atom is 0.257 e. The summed E-state index contributed by atoms with van der Waals surface area (Å²) in [4.78, 5) is 12.2. The third-order valence-corrected chi connectivity index (χ3v) is 4.47. The second-order valence-corrected chi connectivity index (χ2v) is 6.89. The molecule has 0 saturated carbocycles. The molecule has 0 aliphatic heterocycles. The van der Waals surface area contributed by atoms with E-state index in [0.717, 1.165) is 28.0 Å². The lowest BCUT2D eigenvalue weighted by Gasteiger charge is -2.16. The van der Waals surface area contributed by atoms with E-state index in [0.29, 0.717) is 12.2 Å². The normalized spacial score (nSPS) is 10.2. The fraction of sp³-hybridized carbons (Fsp3) is 0.0909. The number of ether oxygens (including phenoxy) is 1. The number of carbonyl (C=O) groups is 1. The van der Waals surface area contributed by atoms with Gasteiger partial charge >= 0.3 is 0 Å². The zero-order chi connectivity index (χ0) is 19.9. The minimum Gasteiger partial charge on any atom is -0.489 e. The molecular formula is C22H21BN2O2S. The lowest BCUT2D eigenvalue weighted by molar-refractivity contribution is 0.0977. The van der Waals surface area contributed by atoms with Gasteiger partial charge in [0.1, 0.15) is 20.2 Å². The minimum absolute atomic E-state index is 0.245. The number of anilines is 1. The summed E-state index contributed by atoms with van der Waals surface area (Å²) in [6.07, 6.45) is 0. The Kier molecular flexibility index (Phi) is 6.45. The average Bonchev–Trinajstić information content (AvgIpc) is 2.70. The van der Waals surface area contributed by atoms with Crippen LogP contribution in [0.5, 0.6) is 5.75 Å². The molecule has 0 aliphatic rings. The zero-order valence-electron chi connectivity index (χ0n) is 15.9. The smallest absolute Gasteiger partial charge is 0.257 e. The third kappa shape index (κ3) is 5.21. The molecule has 6 heteroatoms. The first-order valence-electron chi connectivity index (χ1n) is 8.98. The van der Waals surface area contributed by atoms with Gasteiger partial charge in [-0.2, -0.15) is 0 Å². The Bertz CT molecular complexity index is 979. The predicted molar refractivity (Wildman–Crippen MR) is 120 cm³/mol. The number of carbonyl (C=O) groups excluding carboxylic acids is 1. The topological polar surface area (TPSA) is 50.4 Å². The molecule has 0 aromatic heterocycles. The Hall–Kier alpha value is -3.12. The van der Waals surface area contributed by atoms with E-state index in [2.05, 4.69) is 10.6 Å². The summed E-state index contributed by atoms with van der Waals surface area (Å²) in [6.45, 7) is 2.49. The summed E-state index contributed by atoms with van der Waals surface area (Å²) >= 11 is 5.31. The van der Waals surface area contributed by atoms with Crippen molar-refractivity contribution < 1.29 is 9.53 Å². The number of aryl methyl sites for hydroxylation is 1. The van der Waals surface area contributed by atoms with E-state index in [1.54, 1.807) is 12.1 Å². The standard InChI is InChI=1S/C22H21BN2O2S/c1-15-12-18(23)19(13-20(15)27-14-16-8-4-2-5-9-16)24-22(28)25-21(26)17-10-6-3-7-11-17/h2-13H,14,23H2,1H3,(H2,24,25,26,28). The van der Waals surface area contributed by atoms with Gasteiger partial charge in [0.2, 0.25) is 0 Å². The van der Waals surface area contributed by atoms with Gasteiger partial charge < -0.3 is 10.1 Å². The summed E-state index contributed by atoms with van der Waals surface area (Å²) in [5, 5.41) is 6.05. The fourth-order valence-corrected chi connectivity index (χ4v) is 2.98. The molecule has 0 atom stereocenters. The van der Waals surface area contributed by atoms with Crippen molar-refractivity contribution in [2.75, 3.05) is 5.32 Å². The van der Waals surface area contributed by atoms with Crippen LogP contribution >= 0.6 is 12.2 Å². The molecule has 28 heavy (non-hydrogen) atoms. The van der Waals surface area contributed by atoms with Gasteiger partial charge in [-0.25, -0.2) is 0 Å². The minimum atomic E-state index is -0.247. The van der Waals surface area contributed by atoms with E-state index in [1.807, 2.05) is 75.4 Å². The SMILES string of the molecule is Bc1cc(C)c(OCc2ccccc2)cc1NC(=S)NC(=O)c1ccccc1. The van der Waals surface area contributed by atoms with Crippen molar-refractivity contribution in [1.82, 2.24) is 5.32 Å². The molecule has 0 fully saturated rings. The Labute approximate surface area is 171 Å². The third-order valence-electron chi connectivity index (χ3n) is 4.27. The number of nitrogens with one attached hydrogen (secondary N) is 2. The van der Waals surface area contributed by atoms with Gasteiger partial charge in [0.05, 0.1) is 0 Å². The van der Waals surface area contributed by atoms with Crippen LogP contribution in [0.3, 0.4) is 0 Å². The Morgan fingerprint density at radius 1 is 1.04 bits per heavy atom. The van der Waals surface area contributed by atoms with E-state index < -0.39 is 0 Å². The molecule has 0 radical (unpaired) electrons. The highest BCUT2D eigenvalue weighted by Gasteiger charge is 2.10. The van der Waals surface area contributed by atoms with E-state index in [1.165, 1.54) is 0 Å². The van der Waals surface area contributed by atoms with Crippen molar-refractivity contribution in [1.29, 1.82) is 0 Å². The molecule has 140 valence electrons. The van der Waals surface area contributed by atoms with Crippen molar-refractivity contribution in [3.63, 3.8) is 0 Å². The van der Waals surface area contributed by atoms with E-state index >= 15 is 0 Å². The van der Waals surface area contributed by atoms with Crippen molar-refractivity contribution in [3.05, 3.63) is 89.5 Å². The van der Waals surface area contributed by atoms with Crippen LogP contribution in [0.25, 0.3) is 0 Å². The van der Waals surface area contributed by atoms with Crippen molar-refractivity contribution >= 4 is 42.2 Å². The second-order valence-electron chi connectivity index (χ2n) is 6.48. The van der Waals surface area contributed by atoms with Crippen LogP contribution in [0.2, 0.25) is 0 Å². The van der Waals surface area contributed by atoms with Gasteiger partial charge in [0.25, 0.3) is 5.91 Å². The first-order chi connectivity index (χ1) is 13.5. The number of rotatable bonds is 5. The maximum absolute atomic E-state index is 12.2. The molecule has 3 aromatic carbocycles. The quantitative estimate of drug-likeness (QED) is 0.521. The molecule has 0 heterocycles. The first kappa shape index (κ1) is 19.6. The Balaban J connectivity index is 1.67. The van der Waals surface area contributed by atoms with E-state index in [-0.39, 0.29) is 11.0 Å². The summed E-state index contributed by atoms with van der Waals surface area (Å²) in [5.74, 6) is 0.526. The number of hydrogen-bond acceptors (Lipinski definition) is 3. The lowest BCUT2D eigenvalue weighted by atomic mass is 9.92. The second kappa shape index (κ2) is 9.19. The van der Waals surface area contributed by atoms with Crippen LogP contribution in [-0.4, -0.2) is 18.9 Å². The predicted octanol–water partition coefficient (Wildman–Crippen LogP) is 2.96. The van der Waals surface area contributed by atoms with Crippen LogP contribution in [0.1, 0.15) is 21.5 Å².